The van der Waals surface area contributed by atoms with Gasteiger partial charge in [-0.2, -0.15) is 5.10 Å². The predicted octanol–water partition coefficient (Wildman–Crippen LogP) is 3.96. The van der Waals surface area contributed by atoms with Gasteiger partial charge in [0.25, 0.3) is 17.7 Å². The van der Waals surface area contributed by atoms with Gasteiger partial charge in [-0.25, -0.2) is 4.98 Å². The Bertz CT molecular complexity index is 2470. The maximum absolute atomic E-state index is 13.3. The zero-order valence-corrected chi connectivity index (χ0v) is 32.9. The smallest absolute Gasteiger partial charge is 0.264 e. The van der Waals surface area contributed by atoms with Crippen LogP contribution in [0.3, 0.4) is 0 Å². The number of aromatic amines is 1. The number of anilines is 3. The van der Waals surface area contributed by atoms with Crippen LogP contribution in [0.2, 0.25) is 0 Å². The van der Waals surface area contributed by atoms with E-state index in [-0.39, 0.29) is 67.5 Å². The summed E-state index contributed by atoms with van der Waals surface area (Å²) in [6.45, 7) is 1.18. The number of benzene rings is 3. The number of amides is 7. The van der Waals surface area contributed by atoms with Crippen molar-refractivity contribution < 1.29 is 38.3 Å². The molecule has 2 aliphatic rings. The Balaban J connectivity index is 0.778. The van der Waals surface area contributed by atoms with Crippen LogP contribution in [0.4, 0.5) is 17.1 Å². The Labute approximate surface area is 349 Å². The molecule has 4 heterocycles. The van der Waals surface area contributed by atoms with Gasteiger partial charge < -0.3 is 26.0 Å². The molecule has 1 fully saturated rings. The van der Waals surface area contributed by atoms with Crippen molar-refractivity contribution in [2.24, 2.45) is 0 Å². The Morgan fingerprint density at radius 2 is 1.54 bits per heavy atom. The molecule has 0 saturated carbocycles. The Hall–Kier alpha value is -7.60. The van der Waals surface area contributed by atoms with Crippen molar-refractivity contribution in [3.8, 4) is 11.4 Å². The molecule has 0 spiro atoms. The number of fused-ring (bicyclic) bond motifs is 1. The van der Waals surface area contributed by atoms with Crippen LogP contribution in [-0.2, 0) is 37.0 Å². The van der Waals surface area contributed by atoms with Gasteiger partial charge in [-0.15, -0.1) is 0 Å². The van der Waals surface area contributed by atoms with Crippen LogP contribution in [0.25, 0.3) is 11.4 Å². The van der Waals surface area contributed by atoms with E-state index in [9.17, 15) is 33.6 Å². The molecular weight excluding hydrogens is 785 g/mol. The van der Waals surface area contributed by atoms with E-state index in [1.54, 1.807) is 48.8 Å². The molecule has 312 valence electrons. The minimum atomic E-state index is -1.11. The number of H-pyrrole nitrogens is 1. The average Bonchev–Trinajstić information content (AvgIpc) is 3.84. The van der Waals surface area contributed by atoms with Crippen LogP contribution in [0.5, 0.6) is 0 Å². The summed E-state index contributed by atoms with van der Waals surface area (Å²) in [5.74, 6) is -2.20. The van der Waals surface area contributed by atoms with Crippen molar-refractivity contribution in [2.45, 2.75) is 57.7 Å². The van der Waals surface area contributed by atoms with Gasteiger partial charge in [-0.3, -0.25) is 53.9 Å². The highest BCUT2D eigenvalue weighted by molar-refractivity contribution is 6.26. The van der Waals surface area contributed by atoms with E-state index in [2.05, 4.69) is 46.7 Å². The van der Waals surface area contributed by atoms with E-state index >= 15 is 0 Å². The number of hydrogen-bond donors (Lipinski definition) is 6. The fourth-order valence-corrected chi connectivity index (χ4v) is 6.83. The van der Waals surface area contributed by atoms with Gasteiger partial charge in [-0.05, 0) is 79.4 Å². The van der Waals surface area contributed by atoms with Gasteiger partial charge in [0.1, 0.15) is 11.9 Å². The Morgan fingerprint density at radius 3 is 2.33 bits per heavy atom. The number of nitrogens with one attached hydrogen (secondary N) is 6. The fourth-order valence-electron chi connectivity index (χ4n) is 6.83. The van der Waals surface area contributed by atoms with Gasteiger partial charge in [0.05, 0.1) is 23.4 Å². The summed E-state index contributed by atoms with van der Waals surface area (Å²) in [5, 5.41) is 21.1. The topological polar surface area (TPSA) is 247 Å². The fraction of sp³-hybridized carbons (Fsp3) is 0.256. The first-order valence-corrected chi connectivity index (χ1v) is 19.7. The van der Waals surface area contributed by atoms with Crippen molar-refractivity contribution in [1.82, 2.24) is 35.7 Å². The third-order valence-corrected chi connectivity index (χ3v) is 9.85. The first kappa shape index (κ1) is 41.6. The third-order valence-electron chi connectivity index (χ3n) is 9.85. The monoisotopic (exact) mass is 826 g/mol. The second-order valence-electron chi connectivity index (χ2n) is 14.3. The predicted molar refractivity (Wildman–Crippen MR) is 221 cm³/mol. The molecule has 1 saturated heterocycles. The Morgan fingerprint density at radius 1 is 0.803 bits per heavy atom. The highest BCUT2D eigenvalue weighted by atomic mass is 16.5. The quantitative estimate of drug-likeness (QED) is 0.0543. The molecule has 7 rings (SSSR count). The number of imide groups is 2. The first-order valence-electron chi connectivity index (χ1n) is 19.7. The minimum absolute atomic E-state index is 0.00196. The largest absolute Gasteiger partial charge is 0.381 e. The number of nitrogens with zero attached hydrogens (tertiary/aromatic N) is 4. The molecule has 0 bridgehead atoms. The van der Waals surface area contributed by atoms with Crippen molar-refractivity contribution in [3.63, 3.8) is 0 Å². The van der Waals surface area contributed by atoms with E-state index < -0.39 is 35.6 Å². The maximum Gasteiger partial charge on any atom is 0.264 e. The van der Waals surface area contributed by atoms with E-state index in [1.807, 2.05) is 24.3 Å². The minimum Gasteiger partial charge on any atom is -0.381 e. The summed E-state index contributed by atoms with van der Waals surface area (Å²) in [4.78, 5) is 98.0. The number of hydrogen-bond acceptors (Lipinski definition) is 12. The lowest BCUT2D eigenvalue weighted by molar-refractivity contribution is -0.136. The lowest BCUT2D eigenvalue weighted by Crippen LogP contribution is -2.54. The number of pyridine rings is 1. The van der Waals surface area contributed by atoms with Gasteiger partial charge >= 0.3 is 0 Å². The molecule has 6 N–H and O–H groups in total. The second kappa shape index (κ2) is 19.4. The summed E-state index contributed by atoms with van der Waals surface area (Å²) in [7, 11) is 0. The first-order chi connectivity index (χ1) is 29.6. The van der Waals surface area contributed by atoms with E-state index in [0.717, 1.165) is 21.7 Å². The normalized spacial score (nSPS) is 14.6. The number of carbonyl (C=O) groups excluding carboxylic acids is 7. The van der Waals surface area contributed by atoms with Crippen LogP contribution >= 0.6 is 0 Å². The molecule has 0 aliphatic carbocycles. The Kier molecular flexibility index (Phi) is 13.2. The standard InChI is InChI=1S/C43H42N10O8/c54-35(12-4-20-61-21-5-13-36(55)48-32-11-3-10-31-38(32)43(60)53(42(31)59)33-14-15-37(56)50-41(33)58)47-30-9-1-6-26(22-30)24-46-40(57)28-7-2-8-29(23-28)45-25-34-49-39(52-51-34)27-16-18-44-19-17-27/h1-3,6-11,16-19,22-23,33,45H,4-5,12-15,20-21,24-25H2,(H,46,57)(H,47,54)(H,48,55)(H,49,51,52)(H,50,56,58). The highest BCUT2D eigenvalue weighted by Crippen LogP contribution is 2.32. The number of rotatable bonds is 18. The maximum atomic E-state index is 13.3. The number of carbonyl (C=O) groups is 7. The number of piperidine rings is 1. The molecule has 1 unspecified atom stereocenters. The molecule has 0 radical (unpaired) electrons. The highest BCUT2D eigenvalue weighted by Gasteiger charge is 2.45. The summed E-state index contributed by atoms with van der Waals surface area (Å²) in [6.07, 6.45) is 4.47. The zero-order valence-electron chi connectivity index (χ0n) is 32.9. The van der Waals surface area contributed by atoms with Gasteiger partial charge in [0.2, 0.25) is 23.6 Å². The molecule has 7 amide bonds. The van der Waals surface area contributed by atoms with Crippen molar-refractivity contribution in [1.29, 1.82) is 0 Å². The van der Waals surface area contributed by atoms with Crippen molar-refractivity contribution in [3.05, 3.63) is 119 Å². The zero-order chi connectivity index (χ0) is 42.7. The molecule has 2 aliphatic heterocycles. The van der Waals surface area contributed by atoms with E-state index in [0.29, 0.717) is 48.9 Å². The molecule has 18 heteroatoms. The molecular formula is C43H42N10O8. The summed E-state index contributed by atoms with van der Waals surface area (Å²) >= 11 is 0. The van der Waals surface area contributed by atoms with Crippen LogP contribution < -0.4 is 26.6 Å². The molecule has 5 aromatic rings. The lowest BCUT2D eigenvalue weighted by atomic mass is 10.0. The molecule has 3 aromatic carbocycles. The van der Waals surface area contributed by atoms with Crippen LogP contribution in [0, 0.1) is 0 Å². The lowest BCUT2D eigenvalue weighted by Gasteiger charge is -2.27. The number of aromatic nitrogens is 4. The van der Waals surface area contributed by atoms with E-state index in [4.69, 9.17) is 4.74 Å². The summed E-state index contributed by atoms with van der Waals surface area (Å²) < 4.78 is 5.63. The SMILES string of the molecule is O=C1CCC(N2C(=O)c3cccc(NC(=O)CCCOCCCC(=O)Nc4cccc(CNC(=O)c5cccc(NCc6nc(-c7ccncc7)n[nH]6)c5)c4)c3C2=O)C(=O)N1. The summed E-state index contributed by atoms with van der Waals surface area (Å²) in [6, 6.07) is 21.4. The molecule has 1 atom stereocenters. The summed E-state index contributed by atoms with van der Waals surface area (Å²) in [5.41, 5.74) is 3.69. The average molecular weight is 827 g/mol. The van der Waals surface area contributed by atoms with Crippen LogP contribution in [0.15, 0.2) is 91.3 Å². The molecule has 2 aromatic heterocycles. The van der Waals surface area contributed by atoms with Gasteiger partial charge in [0, 0.05) is 73.9 Å². The third kappa shape index (κ3) is 10.5. The van der Waals surface area contributed by atoms with Crippen molar-refractivity contribution in [2.75, 3.05) is 29.2 Å². The van der Waals surface area contributed by atoms with E-state index in [1.165, 1.54) is 18.2 Å². The number of ether oxygens (including phenoxy) is 1. The van der Waals surface area contributed by atoms with Gasteiger partial charge in [0.15, 0.2) is 5.82 Å². The molecule has 61 heavy (non-hydrogen) atoms. The van der Waals surface area contributed by atoms with Gasteiger partial charge in [-0.1, -0.05) is 24.3 Å². The van der Waals surface area contributed by atoms with Crippen LogP contribution in [-0.4, -0.2) is 85.7 Å². The molecule has 18 nitrogen and oxygen atoms in total. The van der Waals surface area contributed by atoms with Crippen LogP contribution in [0.1, 0.15) is 81.0 Å². The van der Waals surface area contributed by atoms with Crippen molar-refractivity contribution >= 4 is 58.4 Å². The second-order valence-corrected chi connectivity index (χ2v) is 14.3.